The van der Waals surface area contributed by atoms with E-state index in [9.17, 15) is 13.2 Å². The minimum absolute atomic E-state index is 0.0914. The van der Waals surface area contributed by atoms with E-state index in [0.717, 1.165) is 30.7 Å². The summed E-state index contributed by atoms with van der Waals surface area (Å²) in [5.74, 6) is 0.636. The second-order valence-electron chi connectivity index (χ2n) is 8.98. The van der Waals surface area contributed by atoms with Crippen molar-refractivity contribution in [2.24, 2.45) is 11.3 Å². The molecule has 1 atom stereocenters. The van der Waals surface area contributed by atoms with Gasteiger partial charge in [-0.05, 0) is 73.8 Å². The van der Waals surface area contributed by atoms with Crippen molar-refractivity contribution in [1.82, 2.24) is 5.32 Å². The Hall–Kier alpha value is -0.563. The van der Waals surface area contributed by atoms with Gasteiger partial charge < -0.3 is 9.74 Å². The van der Waals surface area contributed by atoms with E-state index in [-0.39, 0.29) is 10.6 Å². The van der Waals surface area contributed by atoms with E-state index in [1.54, 1.807) is 6.07 Å². The van der Waals surface area contributed by atoms with Crippen LogP contribution < -0.4 is 5.32 Å². The first-order chi connectivity index (χ1) is 13.7. The lowest BCUT2D eigenvalue weighted by atomic mass is 9.72. The van der Waals surface area contributed by atoms with Crippen LogP contribution in [0.5, 0.6) is 0 Å². The van der Waals surface area contributed by atoms with Gasteiger partial charge in [-0.2, -0.15) is 13.2 Å². The smallest absolute Gasteiger partial charge is 0.409 e. The largest absolute Gasteiger partial charge is 0.416 e. The lowest BCUT2D eigenvalue weighted by molar-refractivity contribution is -0.139. The molecule has 1 N–H and O–H groups in total. The van der Waals surface area contributed by atoms with E-state index < -0.39 is 26.2 Å². The van der Waals surface area contributed by atoms with E-state index in [1.807, 2.05) is 0 Å². The molecule has 2 aliphatic rings. The first-order valence-corrected chi connectivity index (χ1v) is 13.8. The predicted octanol–water partition coefficient (Wildman–Crippen LogP) is 7.20. The number of halogens is 4. The molecule has 1 unspecified atom stereocenters. The van der Waals surface area contributed by atoms with E-state index in [4.69, 9.17) is 16.0 Å². The summed E-state index contributed by atoms with van der Waals surface area (Å²) in [5.41, 5.74) is 0.0422. The van der Waals surface area contributed by atoms with Gasteiger partial charge in [-0.3, -0.25) is 0 Å². The van der Waals surface area contributed by atoms with E-state index in [2.05, 4.69) is 26.1 Å². The average Bonchev–Trinajstić information content (AvgIpc) is 3.45. The Kier molecular flexibility index (Phi) is 7.09. The lowest BCUT2D eigenvalue weighted by Crippen LogP contribution is -2.42. The molecule has 0 aliphatic heterocycles. The Morgan fingerprint density at radius 1 is 1.17 bits per heavy atom. The second kappa shape index (κ2) is 8.89. The molecule has 0 amide bonds. The Morgan fingerprint density at radius 3 is 2.31 bits per heavy atom. The monoisotopic (exact) mass is 447 g/mol. The minimum atomic E-state index is -4.46. The summed E-state index contributed by atoms with van der Waals surface area (Å²) >= 11 is 6.32. The lowest BCUT2D eigenvalue weighted by Gasteiger charge is -2.38. The highest BCUT2D eigenvalue weighted by molar-refractivity contribution is 6.73. The van der Waals surface area contributed by atoms with Gasteiger partial charge in [0.25, 0.3) is 0 Å². The molecule has 0 radical (unpaired) electrons. The third-order valence-corrected chi connectivity index (χ3v) is 12.1. The van der Waals surface area contributed by atoms with Crippen LogP contribution in [0.2, 0.25) is 23.2 Å². The first kappa shape index (κ1) is 23.1. The number of hydrogen-bond acceptors (Lipinski definition) is 2. The van der Waals surface area contributed by atoms with Gasteiger partial charge in [0.1, 0.15) is 0 Å². The van der Waals surface area contributed by atoms with Gasteiger partial charge in [0.05, 0.1) is 11.7 Å². The van der Waals surface area contributed by atoms with Crippen LogP contribution in [0.4, 0.5) is 13.2 Å². The van der Waals surface area contributed by atoms with Crippen LogP contribution in [0.15, 0.2) is 18.2 Å². The minimum Gasteiger partial charge on any atom is -0.409 e. The first-order valence-electron chi connectivity index (χ1n) is 10.9. The number of hydrogen-bond donors (Lipinski definition) is 1. The van der Waals surface area contributed by atoms with Crippen molar-refractivity contribution in [3.63, 3.8) is 0 Å². The third-order valence-electron chi connectivity index (χ3n) is 7.17. The summed E-state index contributed by atoms with van der Waals surface area (Å²) < 4.78 is 47.8. The molecular formula is C22H33ClF3NOSi. The zero-order valence-corrected chi connectivity index (χ0v) is 19.4. The van der Waals surface area contributed by atoms with E-state index in [1.165, 1.54) is 31.7 Å². The zero-order chi connectivity index (χ0) is 21.3. The Bertz CT molecular complexity index is 688. The predicted molar refractivity (Wildman–Crippen MR) is 115 cm³/mol. The fraction of sp³-hybridized carbons (Fsp3) is 0.727. The van der Waals surface area contributed by atoms with Crippen LogP contribution in [0.3, 0.4) is 0 Å². The number of alkyl halides is 3. The summed E-state index contributed by atoms with van der Waals surface area (Å²) in [5, 5.41) is 3.56. The van der Waals surface area contributed by atoms with Gasteiger partial charge in [0, 0.05) is 17.1 Å². The van der Waals surface area contributed by atoms with Gasteiger partial charge >= 0.3 is 6.18 Å². The molecule has 1 spiro atoms. The number of benzene rings is 1. The Labute approximate surface area is 178 Å². The van der Waals surface area contributed by atoms with Crippen LogP contribution in [0.25, 0.3) is 0 Å². The molecule has 2 aliphatic carbocycles. The van der Waals surface area contributed by atoms with Crippen LogP contribution in [0.1, 0.15) is 63.7 Å². The molecule has 7 heteroatoms. The quantitative estimate of drug-likeness (QED) is 0.383. The highest BCUT2D eigenvalue weighted by Gasteiger charge is 2.52. The van der Waals surface area contributed by atoms with Gasteiger partial charge in [-0.15, -0.1) is 0 Å². The van der Waals surface area contributed by atoms with Crippen LogP contribution >= 0.6 is 11.6 Å². The second-order valence-corrected chi connectivity index (χ2v) is 14.1. The van der Waals surface area contributed by atoms with Crippen molar-refractivity contribution in [2.45, 2.75) is 76.9 Å². The molecule has 1 aromatic rings. The summed E-state index contributed by atoms with van der Waals surface area (Å²) in [7, 11) is -2.12. The van der Waals surface area contributed by atoms with Crippen molar-refractivity contribution >= 4 is 19.9 Å². The normalized spacial score (nSPS) is 20.0. The molecule has 2 saturated carbocycles. The summed E-state index contributed by atoms with van der Waals surface area (Å²) in [6.07, 6.45) is 0.0690. The fourth-order valence-electron chi connectivity index (χ4n) is 4.93. The van der Waals surface area contributed by atoms with Crippen molar-refractivity contribution in [3.05, 3.63) is 34.3 Å². The molecule has 1 aromatic carbocycles. The van der Waals surface area contributed by atoms with Crippen molar-refractivity contribution in [3.8, 4) is 0 Å². The molecule has 0 heterocycles. The molecule has 2 nitrogen and oxygen atoms in total. The van der Waals surface area contributed by atoms with Crippen LogP contribution in [0, 0.1) is 11.3 Å². The topological polar surface area (TPSA) is 21.3 Å². The number of nitrogens with one attached hydrogen (secondary N) is 1. The van der Waals surface area contributed by atoms with Crippen LogP contribution in [-0.2, 0) is 10.6 Å². The molecule has 0 saturated heterocycles. The van der Waals surface area contributed by atoms with Gasteiger partial charge in [0.2, 0.25) is 0 Å². The zero-order valence-electron chi connectivity index (χ0n) is 17.7. The molecule has 29 heavy (non-hydrogen) atoms. The Balaban J connectivity index is 1.80. The molecule has 164 valence electrons. The van der Waals surface area contributed by atoms with Gasteiger partial charge in [-0.1, -0.05) is 38.4 Å². The highest BCUT2D eigenvalue weighted by atomic mass is 35.5. The number of rotatable bonds is 10. The van der Waals surface area contributed by atoms with E-state index >= 15 is 0 Å². The molecule has 0 aromatic heterocycles. The molecule has 3 rings (SSSR count). The van der Waals surface area contributed by atoms with Gasteiger partial charge in [0.15, 0.2) is 8.32 Å². The third kappa shape index (κ3) is 5.20. The summed E-state index contributed by atoms with van der Waals surface area (Å²) in [6, 6.07) is 6.67. The SMILES string of the molecule is CC[Si](CC)(CC)OC(CNCC1CC2(CC2)C1)c1c(Cl)cccc1C(F)(F)F. The van der Waals surface area contributed by atoms with Crippen molar-refractivity contribution in [2.75, 3.05) is 13.1 Å². The summed E-state index contributed by atoms with van der Waals surface area (Å²) in [4.78, 5) is 0. The van der Waals surface area contributed by atoms with Crippen molar-refractivity contribution < 1.29 is 17.6 Å². The summed E-state index contributed by atoms with van der Waals surface area (Å²) in [6.45, 7) is 7.47. The van der Waals surface area contributed by atoms with Crippen molar-refractivity contribution in [1.29, 1.82) is 0 Å². The standard InChI is InChI=1S/C22H33ClF3NOSi/c1-4-29(5-2,6-3)28-19(15-27-14-16-12-21(13-16)10-11-21)20-17(22(24,25)26)8-7-9-18(20)23/h7-9,16,19,27H,4-6,10-15H2,1-3H3. The van der Waals surface area contributed by atoms with Crippen LogP contribution in [-0.4, -0.2) is 21.4 Å². The maximum atomic E-state index is 13.8. The molecule has 2 fully saturated rings. The average molecular weight is 448 g/mol. The van der Waals surface area contributed by atoms with E-state index in [0.29, 0.717) is 17.9 Å². The highest BCUT2D eigenvalue weighted by Crippen LogP contribution is 2.63. The fourth-order valence-corrected chi connectivity index (χ4v) is 8.03. The Morgan fingerprint density at radius 2 is 1.79 bits per heavy atom. The van der Waals surface area contributed by atoms with Gasteiger partial charge in [-0.25, -0.2) is 0 Å². The molecular weight excluding hydrogens is 415 g/mol. The maximum Gasteiger partial charge on any atom is 0.416 e. The molecule has 0 bridgehead atoms. The maximum absolute atomic E-state index is 13.8.